The second-order valence-corrected chi connectivity index (χ2v) is 3.38. The topological polar surface area (TPSA) is 56.0 Å². The molecule has 0 amide bonds. The van der Waals surface area contributed by atoms with Gasteiger partial charge in [0, 0.05) is 12.6 Å². The predicted octanol–water partition coefficient (Wildman–Crippen LogP) is 0.895. The average Bonchev–Trinajstić information content (AvgIpc) is 2.03. The van der Waals surface area contributed by atoms with Crippen LogP contribution in [0.1, 0.15) is 27.2 Å². The van der Waals surface area contributed by atoms with Crippen LogP contribution in [0.2, 0.25) is 0 Å². The lowest BCUT2D eigenvalue weighted by Gasteiger charge is -2.22. The Morgan fingerprint density at radius 1 is 1.42 bits per heavy atom. The van der Waals surface area contributed by atoms with Crippen molar-refractivity contribution in [2.45, 2.75) is 39.3 Å². The van der Waals surface area contributed by atoms with Gasteiger partial charge in [-0.1, -0.05) is 13.8 Å². The van der Waals surface area contributed by atoms with Crippen LogP contribution in [0.4, 0.5) is 0 Å². The van der Waals surface area contributed by atoms with Crippen molar-refractivity contribution in [1.29, 1.82) is 5.26 Å². The van der Waals surface area contributed by atoms with Crippen molar-refractivity contribution in [3.8, 4) is 6.07 Å². The molecule has 0 aromatic carbocycles. The first-order chi connectivity index (χ1) is 5.61. The van der Waals surface area contributed by atoms with Crippen LogP contribution < -0.4 is 5.32 Å². The molecular formula is C9H18N2O. The van der Waals surface area contributed by atoms with Crippen molar-refractivity contribution in [2.75, 3.05) is 6.61 Å². The van der Waals surface area contributed by atoms with Gasteiger partial charge < -0.3 is 5.11 Å². The van der Waals surface area contributed by atoms with Crippen molar-refractivity contribution in [1.82, 2.24) is 5.32 Å². The van der Waals surface area contributed by atoms with Gasteiger partial charge in [-0.2, -0.15) is 5.26 Å². The summed E-state index contributed by atoms with van der Waals surface area (Å²) in [4.78, 5) is 0. The molecule has 0 saturated carbocycles. The van der Waals surface area contributed by atoms with Crippen LogP contribution in [0.15, 0.2) is 0 Å². The second-order valence-electron chi connectivity index (χ2n) is 3.38. The number of hydrogen-bond donors (Lipinski definition) is 2. The van der Waals surface area contributed by atoms with Gasteiger partial charge in [0.2, 0.25) is 0 Å². The highest BCUT2D eigenvalue weighted by molar-refractivity contribution is 4.88. The van der Waals surface area contributed by atoms with Gasteiger partial charge in [-0.15, -0.1) is 0 Å². The fourth-order valence-electron chi connectivity index (χ4n) is 1.11. The van der Waals surface area contributed by atoms with Crippen molar-refractivity contribution in [3.63, 3.8) is 0 Å². The Labute approximate surface area is 74.4 Å². The smallest absolute Gasteiger partial charge is 0.0926 e. The number of rotatable bonds is 5. The molecule has 0 fully saturated rings. The highest BCUT2D eigenvalue weighted by atomic mass is 16.3. The van der Waals surface area contributed by atoms with Crippen LogP contribution in [-0.4, -0.2) is 23.8 Å². The summed E-state index contributed by atoms with van der Waals surface area (Å²) >= 11 is 0. The van der Waals surface area contributed by atoms with Crippen LogP contribution in [0.5, 0.6) is 0 Å². The third kappa shape index (κ3) is 4.32. The van der Waals surface area contributed by atoms with E-state index in [4.69, 9.17) is 10.4 Å². The molecule has 0 radical (unpaired) electrons. The van der Waals surface area contributed by atoms with Gasteiger partial charge in [0.25, 0.3) is 0 Å². The van der Waals surface area contributed by atoms with Gasteiger partial charge in [-0.05, 0) is 19.3 Å². The zero-order valence-corrected chi connectivity index (χ0v) is 8.04. The standard InChI is InChI=1S/C9H18N2O/c1-7(2)9(4-5-12)11-8(3)6-10/h7-9,11-12H,4-5H2,1-3H3. The number of nitrogens with zero attached hydrogens (tertiary/aromatic N) is 1. The first-order valence-electron chi connectivity index (χ1n) is 4.38. The highest BCUT2D eigenvalue weighted by Gasteiger charge is 2.14. The number of nitriles is 1. The molecule has 2 N–H and O–H groups in total. The first kappa shape index (κ1) is 11.4. The molecule has 0 aromatic heterocycles. The SMILES string of the molecule is CC(C#N)NC(CCO)C(C)C. The average molecular weight is 170 g/mol. The molecule has 0 aliphatic rings. The lowest BCUT2D eigenvalue weighted by atomic mass is 10.0. The van der Waals surface area contributed by atoms with E-state index in [1.807, 2.05) is 6.92 Å². The summed E-state index contributed by atoms with van der Waals surface area (Å²) in [5, 5.41) is 20.5. The summed E-state index contributed by atoms with van der Waals surface area (Å²) in [7, 11) is 0. The molecule has 3 heteroatoms. The Morgan fingerprint density at radius 2 is 2.00 bits per heavy atom. The molecule has 0 heterocycles. The third-order valence-corrected chi connectivity index (χ3v) is 1.90. The quantitative estimate of drug-likeness (QED) is 0.644. The fraction of sp³-hybridized carbons (Fsp3) is 0.889. The molecule has 12 heavy (non-hydrogen) atoms. The first-order valence-corrected chi connectivity index (χ1v) is 4.38. The van der Waals surface area contributed by atoms with E-state index in [1.54, 1.807) is 0 Å². The summed E-state index contributed by atoms with van der Waals surface area (Å²) in [5.41, 5.74) is 0. The Balaban J connectivity index is 3.88. The lowest BCUT2D eigenvalue weighted by molar-refractivity contribution is 0.241. The molecule has 0 aliphatic heterocycles. The van der Waals surface area contributed by atoms with Crippen molar-refractivity contribution < 1.29 is 5.11 Å². The number of hydrogen-bond acceptors (Lipinski definition) is 3. The molecule has 0 rings (SSSR count). The van der Waals surface area contributed by atoms with E-state index in [9.17, 15) is 0 Å². The molecular weight excluding hydrogens is 152 g/mol. The predicted molar refractivity (Wildman–Crippen MR) is 48.5 cm³/mol. The Morgan fingerprint density at radius 3 is 2.33 bits per heavy atom. The van der Waals surface area contributed by atoms with Crippen LogP contribution >= 0.6 is 0 Å². The van der Waals surface area contributed by atoms with Gasteiger partial charge in [-0.25, -0.2) is 0 Å². The summed E-state index contributed by atoms with van der Waals surface area (Å²) < 4.78 is 0. The summed E-state index contributed by atoms with van der Waals surface area (Å²) in [6.45, 7) is 6.16. The maximum Gasteiger partial charge on any atom is 0.0926 e. The van der Waals surface area contributed by atoms with Crippen LogP contribution in [0.3, 0.4) is 0 Å². The third-order valence-electron chi connectivity index (χ3n) is 1.90. The highest BCUT2D eigenvalue weighted by Crippen LogP contribution is 2.06. The molecule has 0 spiro atoms. The molecule has 0 bridgehead atoms. The van der Waals surface area contributed by atoms with Crippen molar-refractivity contribution in [2.24, 2.45) is 5.92 Å². The monoisotopic (exact) mass is 170 g/mol. The van der Waals surface area contributed by atoms with E-state index in [1.165, 1.54) is 0 Å². The zero-order valence-electron chi connectivity index (χ0n) is 8.04. The fourth-order valence-corrected chi connectivity index (χ4v) is 1.11. The largest absolute Gasteiger partial charge is 0.396 e. The van der Waals surface area contributed by atoms with E-state index < -0.39 is 0 Å². The molecule has 70 valence electrons. The van der Waals surface area contributed by atoms with Crippen molar-refractivity contribution >= 4 is 0 Å². The summed E-state index contributed by atoms with van der Waals surface area (Å²) in [6, 6.07) is 2.22. The van der Waals surface area contributed by atoms with Crippen LogP contribution in [-0.2, 0) is 0 Å². The van der Waals surface area contributed by atoms with Crippen molar-refractivity contribution in [3.05, 3.63) is 0 Å². The van der Waals surface area contributed by atoms with E-state index in [2.05, 4.69) is 25.2 Å². The molecule has 0 aromatic rings. The van der Waals surface area contributed by atoms with Gasteiger partial charge in [-0.3, -0.25) is 5.32 Å². The zero-order chi connectivity index (χ0) is 9.56. The van der Waals surface area contributed by atoms with Crippen LogP contribution in [0, 0.1) is 17.2 Å². The molecule has 2 unspecified atom stereocenters. The summed E-state index contributed by atoms with van der Waals surface area (Å²) in [6.07, 6.45) is 0.712. The number of aliphatic hydroxyl groups excluding tert-OH is 1. The van der Waals surface area contributed by atoms with E-state index >= 15 is 0 Å². The van der Waals surface area contributed by atoms with E-state index in [0.29, 0.717) is 12.3 Å². The number of nitrogens with one attached hydrogen (secondary N) is 1. The summed E-state index contributed by atoms with van der Waals surface area (Å²) in [5.74, 6) is 0.452. The molecule has 3 nitrogen and oxygen atoms in total. The molecule has 2 atom stereocenters. The van der Waals surface area contributed by atoms with Crippen LogP contribution in [0.25, 0.3) is 0 Å². The minimum atomic E-state index is -0.135. The maximum atomic E-state index is 8.75. The molecule has 0 aliphatic carbocycles. The Bertz CT molecular complexity index is 151. The maximum absolute atomic E-state index is 8.75. The second kappa shape index (κ2) is 5.99. The van der Waals surface area contributed by atoms with Gasteiger partial charge in [0.15, 0.2) is 0 Å². The molecule has 0 saturated heterocycles. The lowest BCUT2D eigenvalue weighted by Crippen LogP contribution is -2.39. The Kier molecular flexibility index (Phi) is 5.69. The Hall–Kier alpha value is -0.590. The van der Waals surface area contributed by atoms with Gasteiger partial charge in [0.1, 0.15) is 0 Å². The van der Waals surface area contributed by atoms with Gasteiger partial charge in [0.05, 0.1) is 12.1 Å². The minimum absolute atomic E-state index is 0.135. The van der Waals surface area contributed by atoms with E-state index in [0.717, 1.165) is 0 Å². The minimum Gasteiger partial charge on any atom is -0.396 e. The normalized spacial score (nSPS) is 15.7. The van der Waals surface area contributed by atoms with E-state index in [-0.39, 0.29) is 18.7 Å². The number of aliphatic hydroxyl groups is 1. The van der Waals surface area contributed by atoms with Gasteiger partial charge >= 0.3 is 0 Å².